The number of hydrogen-bond acceptors (Lipinski definition) is 12. The minimum atomic E-state index is -0.375. The number of carbonyl (C=O) groups is 4. The molecule has 384 valence electrons. The molecule has 0 unspecified atom stereocenters. The summed E-state index contributed by atoms with van der Waals surface area (Å²) in [5.74, 6) is -1.50. The normalized spacial score (nSPS) is 15.6. The van der Waals surface area contributed by atoms with Crippen molar-refractivity contribution in [3.05, 3.63) is 213 Å². The van der Waals surface area contributed by atoms with E-state index in [1.807, 2.05) is 201 Å². The van der Waals surface area contributed by atoms with Gasteiger partial charge in [0.05, 0.1) is 95.7 Å². The van der Waals surface area contributed by atoms with Crippen LogP contribution in [0.25, 0.3) is 22.3 Å². The van der Waals surface area contributed by atoms with Gasteiger partial charge in [0, 0.05) is 22.3 Å². The Morgan fingerprint density at radius 3 is 0.711 bits per heavy atom. The van der Waals surface area contributed by atoms with Crippen molar-refractivity contribution in [1.82, 2.24) is 0 Å². The number of nitrogens with zero attached hydrogens (tertiary/aromatic N) is 4. The number of allylic oxidation sites excluding steroid dienone is 12. The van der Waals surface area contributed by atoms with Crippen molar-refractivity contribution in [1.29, 1.82) is 0 Å². The van der Waals surface area contributed by atoms with Crippen molar-refractivity contribution in [3.63, 3.8) is 0 Å². The summed E-state index contributed by atoms with van der Waals surface area (Å²) in [6.45, 7) is 14.6. The highest BCUT2D eigenvalue weighted by atomic mass is 16.6. The van der Waals surface area contributed by atoms with Crippen LogP contribution >= 0.6 is 0 Å². The Labute approximate surface area is 443 Å². The summed E-state index contributed by atoms with van der Waals surface area (Å²) < 4.78 is 22.7. The molecule has 76 heavy (non-hydrogen) atoms. The molecule has 9 rings (SSSR count). The SMILES string of the molecule is CC(C)OC(=O)Cc1ccccc1C1=C2C=CC(=N2)C(c2ccccc2CC(=O)OC(C)C)=C2C=CC(=N2)C(c2ccccc2CC(=O)OC(C)C)=C2C=CC(=N2)C(c2ccccc2CC(=O)OC(C)C)=C2C=CC1=N2. The third-order valence-corrected chi connectivity index (χ3v) is 12.6. The molecule has 5 aliphatic heterocycles. The Morgan fingerprint density at radius 1 is 0.316 bits per heavy atom. The van der Waals surface area contributed by atoms with Gasteiger partial charge in [0.1, 0.15) is 0 Å². The van der Waals surface area contributed by atoms with Crippen LogP contribution in [0.4, 0.5) is 0 Å². The third-order valence-electron chi connectivity index (χ3n) is 12.6. The molecule has 0 aliphatic carbocycles. The van der Waals surface area contributed by atoms with Gasteiger partial charge in [-0.15, -0.1) is 0 Å². The van der Waals surface area contributed by atoms with Crippen molar-refractivity contribution in [2.45, 2.75) is 105 Å². The van der Waals surface area contributed by atoms with Gasteiger partial charge < -0.3 is 18.9 Å². The van der Waals surface area contributed by atoms with Gasteiger partial charge in [-0.1, -0.05) is 97.1 Å². The molecule has 8 bridgehead atoms. The molecule has 0 N–H and O–H groups in total. The zero-order chi connectivity index (χ0) is 53.6. The molecule has 4 aromatic carbocycles. The van der Waals surface area contributed by atoms with Gasteiger partial charge in [-0.25, -0.2) is 20.0 Å². The van der Waals surface area contributed by atoms with Crippen molar-refractivity contribution >= 4 is 69.0 Å². The number of rotatable bonds is 16. The highest BCUT2D eigenvalue weighted by Gasteiger charge is 2.31. The second kappa shape index (κ2) is 22.9. The number of esters is 4. The number of benzene rings is 4. The molecule has 0 saturated carbocycles. The highest BCUT2D eigenvalue weighted by Crippen LogP contribution is 2.41. The van der Waals surface area contributed by atoms with E-state index in [9.17, 15) is 19.2 Å². The average molecular weight is 1010 g/mol. The lowest BCUT2D eigenvalue weighted by Gasteiger charge is -2.17. The van der Waals surface area contributed by atoms with E-state index in [1.165, 1.54) is 0 Å². The van der Waals surface area contributed by atoms with Gasteiger partial charge in [-0.2, -0.15) is 0 Å². The lowest BCUT2D eigenvalue weighted by Crippen LogP contribution is -2.15. The smallest absolute Gasteiger partial charge is 0.310 e. The van der Waals surface area contributed by atoms with Crippen molar-refractivity contribution in [2.75, 3.05) is 0 Å². The standard InChI is InChI=1S/C64H60N4O8/c1-37(2)73-57(69)33-41-17-9-13-21-45(41)61-49-25-27-51(65-49)62(46-22-14-10-18-42(46)34-58(70)74-38(3)4)53-29-31-55(67-53)64(48-24-16-12-20-44(48)36-60(72)76-40(7)8)56-32-30-54(68-56)63(52-28-26-50(61)66-52)47-23-15-11-19-43(47)35-59(71)75-39(5)6/h9-32,37-40H,33-36H2,1-8H3. The van der Waals surface area contributed by atoms with Crippen molar-refractivity contribution < 1.29 is 38.1 Å². The molecule has 0 amide bonds. The van der Waals surface area contributed by atoms with Gasteiger partial charge in [0.25, 0.3) is 0 Å². The van der Waals surface area contributed by atoms with Crippen LogP contribution in [0.15, 0.2) is 188 Å². The summed E-state index contributed by atoms with van der Waals surface area (Å²) in [6, 6.07) is 30.7. The molecule has 0 atom stereocenters. The number of ether oxygens (including phenoxy) is 4. The molecule has 4 aromatic rings. The zero-order valence-electron chi connectivity index (χ0n) is 44.0. The van der Waals surface area contributed by atoms with E-state index in [2.05, 4.69) is 0 Å². The van der Waals surface area contributed by atoms with Crippen LogP contribution in [-0.2, 0) is 63.8 Å². The highest BCUT2D eigenvalue weighted by molar-refractivity contribution is 6.40. The van der Waals surface area contributed by atoms with E-state index < -0.39 is 0 Å². The minimum absolute atomic E-state index is 0.00522. The largest absolute Gasteiger partial charge is 0.463 e. The zero-order valence-corrected chi connectivity index (χ0v) is 44.0. The lowest BCUT2D eigenvalue weighted by atomic mass is 9.92. The fourth-order valence-corrected chi connectivity index (χ4v) is 9.70. The Hall–Kier alpha value is -8.64. The number of hydrogen-bond donors (Lipinski definition) is 0. The molecule has 0 fully saturated rings. The number of aliphatic imine (C=N–C) groups is 4. The van der Waals surface area contributed by atoms with E-state index in [1.54, 1.807) is 0 Å². The van der Waals surface area contributed by atoms with Crippen LogP contribution in [0.5, 0.6) is 0 Å². The molecule has 0 radical (unpaired) electrons. The fraction of sp³-hybridized carbons (Fsp3) is 0.250. The predicted molar refractivity (Wildman–Crippen MR) is 299 cm³/mol. The molecule has 0 aromatic heterocycles. The minimum Gasteiger partial charge on any atom is -0.463 e. The van der Waals surface area contributed by atoms with Crippen LogP contribution in [0, 0.1) is 0 Å². The predicted octanol–water partition coefficient (Wildman–Crippen LogP) is 11.7. The fourth-order valence-electron chi connectivity index (χ4n) is 9.70. The average Bonchev–Trinajstić information content (AvgIpc) is 4.25. The molecule has 0 saturated heterocycles. The first-order valence-corrected chi connectivity index (χ1v) is 25.8. The number of carbonyl (C=O) groups excluding carboxylic acids is 4. The van der Waals surface area contributed by atoms with Gasteiger partial charge >= 0.3 is 23.9 Å². The van der Waals surface area contributed by atoms with Crippen molar-refractivity contribution in [2.24, 2.45) is 20.0 Å². The summed E-state index contributed by atoms with van der Waals surface area (Å²) >= 11 is 0. The van der Waals surface area contributed by atoms with Crippen LogP contribution in [0.1, 0.15) is 99.9 Å². The van der Waals surface area contributed by atoms with E-state index >= 15 is 0 Å². The van der Waals surface area contributed by atoms with Gasteiger partial charge in [0.2, 0.25) is 0 Å². The van der Waals surface area contributed by atoms with Crippen LogP contribution in [0.3, 0.4) is 0 Å². The molecule has 12 heteroatoms. The quantitative estimate of drug-likeness (QED) is 0.0794. The Morgan fingerprint density at radius 2 is 0.513 bits per heavy atom. The first-order chi connectivity index (χ1) is 36.6. The van der Waals surface area contributed by atoms with Gasteiger partial charge in [-0.3, -0.25) is 19.2 Å². The molecule has 12 nitrogen and oxygen atoms in total. The first-order valence-electron chi connectivity index (χ1n) is 25.8. The van der Waals surface area contributed by atoms with E-state index in [0.717, 1.165) is 22.3 Å². The summed E-state index contributed by atoms with van der Waals surface area (Å²) in [7, 11) is 0. The topological polar surface area (TPSA) is 155 Å². The maximum atomic E-state index is 13.4. The summed E-state index contributed by atoms with van der Waals surface area (Å²) in [4.78, 5) is 75.6. The van der Waals surface area contributed by atoms with Crippen LogP contribution in [-0.4, -0.2) is 71.1 Å². The molecule has 5 aliphatic rings. The van der Waals surface area contributed by atoms with Gasteiger partial charge in [0.15, 0.2) is 0 Å². The van der Waals surface area contributed by atoms with E-state index in [0.29, 0.717) is 90.2 Å². The van der Waals surface area contributed by atoms with Crippen LogP contribution in [0.2, 0.25) is 0 Å². The molecular weight excluding hydrogens is 953 g/mol. The van der Waals surface area contributed by atoms with E-state index in [4.69, 9.17) is 38.9 Å². The van der Waals surface area contributed by atoms with Gasteiger partial charge in [-0.05, 0) is 149 Å². The third kappa shape index (κ3) is 11.8. The Kier molecular flexibility index (Phi) is 15.7. The second-order valence-electron chi connectivity index (χ2n) is 19.9. The maximum absolute atomic E-state index is 13.4. The Bertz CT molecular complexity index is 3000. The monoisotopic (exact) mass is 1010 g/mol. The molecular formula is C64H60N4O8. The molecule has 5 heterocycles. The lowest BCUT2D eigenvalue weighted by molar-refractivity contribution is -0.147. The maximum Gasteiger partial charge on any atom is 0.310 e. The van der Waals surface area contributed by atoms with Crippen LogP contribution < -0.4 is 0 Å². The second-order valence-corrected chi connectivity index (χ2v) is 19.9. The van der Waals surface area contributed by atoms with E-state index in [-0.39, 0.29) is 74.0 Å². The summed E-state index contributed by atoms with van der Waals surface area (Å²) in [5, 5.41) is 0. The Balaban J connectivity index is 1.36. The number of fused-ring (bicyclic) bond motifs is 4. The summed E-state index contributed by atoms with van der Waals surface area (Å²) in [6.07, 6.45) is 14.2. The first kappa shape index (κ1) is 52.2. The molecule has 0 spiro atoms. The summed E-state index contributed by atoms with van der Waals surface area (Å²) in [5.41, 5.74) is 13.0. The van der Waals surface area contributed by atoms with Crippen molar-refractivity contribution in [3.8, 4) is 0 Å².